The zero-order chi connectivity index (χ0) is 28.9. The molecule has 1 saturated heterocycles. The summed E-state index contributed by atoms with van der Waals surface area (Å²) in [6.07, 6.45) is 8.05. The van der Waals surface area contributed by atoms with Gasteiger partial charge in [-0.1, -0.05) is 11.2 Å². The molecule has 2 aliphatic rings. The number of nitrogens with one attached hydrogen (secondary N) is 2. The Kier molecular flexibility index (Phi) is 8.50. The Morgan fingerprint density at radius 2 is 1.81 bits per heavy atom. The van der Waals surface area contributed by atoms with E-state index in [1.807, 2.05) is 49.5 Å². The number of aliphatic hydroxyl groups excluding tert-OH is 1. The van der Waals surface area contributed by atoms with Crippen LogP contribution in [0.2, 0.25) is 0 Å². The number of aliphatic hydroxyl groups is 1. The van der Waals surface area contributed by atoms with E-state index in [1.165, 1.54) is 0 Å². The van der Waals surface area contributed by atoms with Gasteiger partial charge in [0.2, 0.25) is 11.9 Å². The van der Waals surface area contributed by atoms with Crippen molar-refractivity contribution in [3.05, 3.63) is 66.3 Å². The number of carbonyl (C=O) groups excluding carboxylic acids is 1. The molecule has 0 bridgehead atoms. The first-order valence-electron chi connectivity index (χ1n) is 14.5. The van der Waals surface area contributed by atoms with E-state index in [-0.39, 0.29) is 12.5 Å². The Labute approximate surface area is 245 Å². The third-order valence-corrected chi connectivity index (χ3v) is 7.81. The van der Waals surface area contributed by atoms with E-state index in [1.54, 1.807) is 12.4 Å². The molecule has 3 aromatic heterocycles. The van der Waals surface area contributed by atoms with Crippen LogP contribution in [0.25, 0.3) is 22.5 Å². The van der Waals surface area contributed by atoms with Gasteiger partial charge in [-0.3, -0.25) is 14.7 Å². The number of rotatable bonds is 11. The van der Waals surface area contributed by atoms with E-state index in [4.69, 9.17) is 14.6 Å². The summed E-state index contributed by atoms with van der Waals surface area (Å²) in [6.45, 7) is 7.16. The molecule has 0 unspecified atom stereocenters. The highest BCUT2D eigenvalue weighted by Crippen LogP contribution is 2.46. The molecule has 218 valence electrons. The van der Waals surface area contributed by atoms with Crippen LogP contribution in [0.4, 0.5) is 17.3 Å². The molecule has 0 spiro atoms. The number of anilines is 3. The minimum Gasteiger partial charge on any atom is -0.395 e. The molecule has 0 radical (unpaired) electrons. The summed E-state index contributed by atoms with van der Waals surface area (Å²) in [7, 11) is 0. The number of aryl methyl sites for hydroxylation is 1. The van der Waals surface area contributed by atoms with E-state index in [0.29, 0.717) is 48.5 Å². The lowest BCUT2D eigenvalue weighted by atomic mass is 9.99. The highest BCUT2D eigenvalue weighted by molar-refractivity contribution is 5.91. The summed E-state index contributed by atoms with van der Waals surface area (Å²) in [4.78, 5) is 31.1. The van der Waals surface area contributed by atoms with Crippen molar-refractivity contribution in [1.82, 2.24) is 29.9 Å². The monoisotopic (exact) mass is 568 g/mol. The van der Waals surface area contributed by atoms with Crippen molar-refractivity contribution in [2.75, 3.05) is 56.5 Å². The lowest BCUT2D eigenvalue weighted by Gasteiger charge is -2.34. The minimum absolute atomic E-state index is 0.0249. The van der Waals surface area contributed by atoms with E-state index in [2.05, 4.69) is 35.6 Å². The largest absolute Gasteiger partial charge is 0.395 e. The van der Waals surface area contributed by atoms with Gasteiger partial charge in [-0.05, 0) is 56.0 Å². The minimum atomic E-state index is -0.0249. The van der Waals surface area contributed by atoms with Crippen LogP contribution in [0.5, 0.6) is 0 Å². The molecule has 1 amide bonds. The molecule has 3 N–H and O–H groups in total. The maximum absolute atomic E-state index is 12.7. The fraction of sp³-hybridized carbons (Fsp3) is 0.387. The van der Waals surface area contributed by atoms with Crippen LogP contribution < -0.4 is 10.6 Å². The van der Waals surface area contributed by atoms with Crippen molar-refractivity contribution < 1.29 is 14.4 Å². The molecule has 2 fully saturated rings. The Morgan fingerprint density at radius 1 is 1.02 bits per heavy atom. The average molecular weight is 569 g/mol. The van der Waals surface area contributed by atoms with Crippen LogP contribution in [0.3, 0.4) is 0 Å². The van der Waals surface area contributed by atoms with E-state index >= 15 is 0 Å². The molecule has 1 saturated carbocycles. The van der Waals surface area contributed by atoms with Crippen LogP contribution in [0.15, 0.2) is 59.5 Å². The first kappa shape index (κ1) is 28.0. The van der Waals surface area contributed by atoms with E-state index in [9.17, 15) is 4.79 Å². The second-order valence-corrected chi connectivity index (χ2v) is 10.9. The number of pyridine rings is 1. The van der Waals surface area contributed by atoms with Gasteiger partial charge in [0.15, 0.2) is 0 Å². The van der Waals surface area contributed by atoms with Crippen molar-refractivity contribution >= 4 is 23.2 Å². The lowest BCUT2D eigenvalue weighted by molar-refractivity contribution is -0.116. The van der Waals surface area contributed by atoms with Gasteiger partial charge >= 0.3 is 0 Å². The van der Waals surface area contributed by atoms with E-state index < -0.39 is 0 Å². The zero-order valence-corrected chi connectivity index (χ0v) is 23.8. The highest BCUT2D eigenvalue weighted by Gasteiger charge is 2.31. The van der Waals surface area contributed by atoms with Crippen molar-refractivity contribution in [1.29, 1.82) is 0 Å². The number of hydrogen-bond acceptors (Lipinski definition) is 10. The van der Waals surface area contributed by atoms with Gasteiger partial charge in [-0.15, -0.1) is 0 Å². The molecule has 1 aliphatic heterocycles. The smallest absolute Gasteiger partial charge is 0.227 e. The third-order valence-electron chi connectivity index (χ3n) is 7.81. The van der Waals surface area contributed by atoms with Gasteiger partial charge in [0.25, 0.3) is 0 Å². The SMILES string of the molecule is Cc1onc(-c2cccnc2)c1-c1nc(Nc2cccc(NC(=O)CCN3CCN(CCO)CC3)c2)ncc1C1CC1. The standard InChI is InChI=1S/C31H36N8O3/c1-21-28(29(37-42-21)23-4-3-10-32-19-23)30-26(22-7-8-22)20-33-31(36-30)35-25-6-2-5-24(18-25)34-27(41)9-11-38-12-14-39(15-13-38)16-17-40/h2-6,10,18-20,22,40H,7-9,11-17H2,1H3,(H,34,41)(H,33,35,36). The Balaban J connectivity index is 1.14. The van der Waals surface area contributed by atoms with Gasteiger partial charge < -0.3 is 25.2 Å². The molecule has 0 atom stereocenters. The van der Waals surface area contributed by atoms with Crippen LogP contribution in [-0.2, 0) is 4.79 Å². The second kappa shape index (κ2) is 12.8. The molecular formula is C31H36N8O3. The van der Waals surface area contributed by atoms with Gasteiger partial charge in [-0.25, -0.2) is 9.97 Å². The Hall–Kier alpha value is -4.19. The van der Waals surface area contributed by atoms with Crippen LogP contribution in [0, 0.1) is 6.92 Å². The van der Waals surface area contributed by atoms with Gasteiger partial charge in [0, 0.05) is 86.8 Å². The van der Waals surface area contributed by atoms with Gasteiger partial charge in [0.05, 0.1) is 17.9 Å². The average Bonchev–Trinajstić information content (AvgIpc) is 3.78. The molecule has 4 heterocycles. The summed E-state index contributed by atoms with van der Waals surface area (Å²) in [6, 6.07) is 11.4. The van der Waals surface area contributed by atoms with Crippen molar-refractivity contribution in [2.24, 2.45) is 0 Å². The predicted octanol–water partition coefficient (Wildman–Crippen LogP) is 4.06. The molecular weight excluding hydrogens is 532 g/mol. The number of amides is 1. The van der Waals surface area contributed by atoms with Gasteiger partial charge in [-0.2, -0.15) is 0 Å². The first-order valence-corrected chi connectivity index (χ1v) is 14.5. The number of piperazine rings is 1. The fourth-order valence-electron chi connectivity index (χ4n) is 5.36. The normalized spacial score (nSPS) is 16.0. The molecule has 42 heavy (non-hydrogen) atoms. The fourth-order valence-corrected chi connectivity index (χ4v) is 5.36. The van der Waals surface area contributed by atoms with Crippen LogP contribution in [-0.4, -0.2) is 86.8 Å². The number of aromatic nitrogens is 4. The van der Waals surface area contributed by atoms with Crippen molar-refractivity contribution in [2.45, 2.75) is 32.1 Å². The zero-order valence-electron chi connectivity index (χ0n) is 23.8. The summed E-state index contributed by atoms with van der Waals surface area (Å²) in [5, 5.41) is 19.8. The Bertz CT molecular complexity index is 1510. The Morgan fingerprint density at radius 3 is 2.55 bits per heavy atom. The summed E-state index contributed by atoms with van der Waals surface area (Å²) >= 11 is 0. The van der Waals surface area contributed by atoms with Gasteiger partial charge in [0.1, 0.15) is 11.5 Å². The maximum Gasteiger partial charge on any atom is 0.227 e. The third kappa shape index (κ3) is 6.64. The van der Waals surface area contributed by atoms with Crippen LogP contribution >= 0.6 is 0 Å². The quantitative estimate of drug-likeness (QED) is 0.243. The number of β-amino-alcohol motifs (C(OH)–C–C–N with tert-alkyl or cyclic N) is 1. The van der Waals surface area contributed by atoms with Crippen LogP contribution in [0.1, 0.15) is 36.5 Å². The molecule has 11 nitrogen and oxygen atoms in total. The highest BCUT2D eigenvalue weighted by atomic mass is 16.5. The summed E-state index contributed by atoms with van der Waals surface area (Å²) in [5.41, 5.74) is 5.82. The molecule has 1 aromatic carbocycles. The number of carbonyl (C=O) groups is 1. The number of benzene rings is 1. The number of nitrogens with zero attached hydrogens (tertiary/aromatic N) is 6. The van der Waals surface area contributed by atoms with E-state index in [0.717, 1.165) is 67.1 Å². The van der Waals surface area contributed by atoms with Crippen molar-refractivity contribution in [3.63, 3.8) is 0 Å². The first-order chi connectivity index (χ1) is 20.6. The summed E-state index contributed by atoms with van der Waals surface area (Å²) < 4.78 is 5.63. The lowest BCUT2D eigenvalue weighted by Crippen LogP contribution is -2.47. The van der Waals surface area contributed by atoms with Crippen molar-refractivity contribution in [3.8, 4) is 22.5 Å². The molecule has 1 aliphatic carbocycles. The molecule has 6 rings (SSSR count). The maximum atomic E-state index is 12.7. The second-order valence-electron chi connectivity index (χ2n) is 10.9. The predicted molar refractivity (Wildman–Crippen MR) is 160 cm³/mol. The molecule has 11 heteroatoms. The summed E-state index contributed by atoms with van der Waals surface area (Å²) in [5.74, 6) is 1.55. The topological polar surface area (TPSA) is 133 Å². The molecule has 4 aromatic rings. The number of hydrogen-bond donors (Lipinski definition) is 3.